The first kappa shape index (κ1) is 11.2. The number of H-pyrrole nitrogens is 1. The van der Waals surface area contributed by atoms with Gasteiger partial charge < -0.3 is 16.0 Å². The molecular formula is C13H16N4O. The Morgan fingerprint density at radius 3 is 2.94 bits per heavy atom. The third-order valence-corrected chi connectivity index (χ3v) is 3.84. The van der Waals surface area contributed by atoms with Gasteiger partial charge in [0.15, 0.2) is 0 Å². The number of nitrogens with zero attached hydrogens (tertiary/aromatic N) is 1. The monoisotopic (exact) mass is 244 g/mol. The van der Waals surface area contributed by atoms with E-state index in [4.69, 9.17) is 5.73 Å². The molecule has 5 heteroatoms. The lowest BCUT2D eigenvalue weighted by atomic mass is 9.85. The SMILES string of the molecule is C[C@@H](c1ncc(C(N)=O)c2[nH]ccc12)C1CNC1. The highest BCUT2D eigenvalue weighted by molar-refractivity contribution is 6.05. The van der Waals surface area contributed by atoms with Crippen LogP contribution in [0.15, 0.2) is 18.5 Å². The molecule has 94 valence electrons. The number of carbonyl (C=O) groups is 1. The van der Waals surface area contributed by atoms with E-state index >= 15 is 0 Å². The summed E-state index contributed by atoms with van der Waals surface area (Å²) in [6.07, 6.45) is 3.41. The van der Waals surface area contributed by atoms with Crippen molar-refractivity contribution in [2.75, 3.05) is 13.1 Å². The second-order valence-corrected chi connectivity index (χ2v) is 4.89. The fourth-order valence-electron chi connectivity index (χ4n) is 2.51. The molecule has 0 radical (unpaired) electrons. The number of pyridine rings is 1. The van der Waals surface area contributed by atoms with Gasteiger partial charge in [-0.2, -0.15) is 0 Å². The van der Waals surface area contributed by atoms with Gasteiger partial charge in [-0.1, -0.05) is 6.92 Å². The number of fused-ring (bicyclic) bond motifs is 1. The van der Waals surface area contributed by atoms with E-state index in [1.54, 1.807) is 6.20 Å². The van der Waals surface area contributed by atoms with Crippen molar-refractivity contribution in [3.05, 3.63) is 29.7 Å². The molecule has 1 saturated heterocycles. The fourth-order valence-corrected chi connectivity index (χ4v) is 2.51. The molecule has 3 rings (SSSR count). The molecule has 0 saturated carbocycles. The van der Waals surface area contributed by atoms with Crippen LogP contribution in [0.25, 0.3) is 10.9 Å². The number of hydrogen-bond acceptors (Lipinski definition) is 3. The molecule has 4 N–H and O–H groups in total. The summed E-state index contributed by atoms with van der Waals surface area (Å²) in [6.45, 7) is 4.25. The fraction of sp³-hybridized carbons (Fsp3) is 0.385. The van der Waals surface area contributed by atoms with Gasteiger partial charge in [-0.25, -0.2) is 0 Å². The smallest absolute Gasteiger partial charge is 0.252 e. The molecule has 0 aliphatic carbocycles. The molecule has 2 aromatic heterocycles. The first-order valence-corrected chi connectivity index (χ1v) is 6.15. The van der Waals surface area contributed by atoms with Crippen LogP contribution in [0, 0.1) is 5.92 Å². The summed E-state index contributed by atoms with van der Waals surface area (Å²) in [7, 11) is 0. The average Bonchev–Trinajstić information content (AvgIpc) is 2.73. The Morgan fingerprint density at radius 1 is 1.56 bits per heavy atom. The molecule has 18 heavy (non-hydrogen) atoms. The predicted octanol–water partition coefficient (Wildman–Crippen LogP) is 0.985. The van der Waals surface area contributed by atoms with Crippen LogP contribution >= 0.6 is 0 Å². The Hall–Kier alpha value is -1.88. The van der Waals surface area contributed by atoms with Crippen molar-refractivity contribution in [1.29, 1.82) is 0 Å². The van der Waals surface area contributed by atoms with E-state index in [1.165, 1.54) is 0 Å². The lowest BCUT2D eigenvalue weighted by Gasteiger charge is -2.32. The molecule has 0 spiro atoms. The number of nitrogens with one attached hydrogen (secondary N) is 2. The quantitative estimate of drug-likeness (QED) is 0.752. The molecule has 1 aliphatic heterocycles. The van der Waals surface area contributed by atoms with Gasteiger partial charge in [-0.3, -0.25) is 9.78 Å². The third kappa shape index (κ3) is 1.59. The van der Waals surface area contributed by atoms with Gasteiger partial charge in [0.05, 0.1) is 16.8 Å². The van der Waals surface area contributed by atoms with Gasteiger partial charge in [-0.05, 0) is 25.1 Å². The average molecular weight is 244 g/mol. The third-order valence-electron chi connectivity index (χ3n) is 3.84. The Morgan fingerprint density at radius 2 is 2.33 bits per heavy atom. The Labute approximate surface area is 105 Å². The normalized spacial score (nSPS) is 17.6. The van der Waals surface area contributed by atoms with Crippen LogP contribution in [0.5, 0.6) is 0 Å². The highest BCUT2D eigenvalue weighted by Crippen LogP contribution is 2.31. The zero-order valence-corrected chi connectivity index (χ0v) is 10.2. The number of primary amides is 1. The molecule has 0 bridgehead atoms. The molecule has 0 aromatic carbocycles. The lowest BCUT2D eigenvalue weighted by molar-refractivity contribution is 0.100. The summed E-state index contributed by atoms with van der Waals surface area (Å²) in [5.74, 6) is 0.556. The Kier molecular flexibility index (Phi) is 2.56. The van der Waals surface area contributed by atoms with Crippen LogP contribution in [0.1, 0.15) is 28.9 Å². The molecule has 1 fully saturated rings. The van der Waals surface area contributed by atoms with Crippen molar-refractivity contribution < 1.29 is 4.79 Å². The van der Waals surface area contributed by atoms with Crippen LogP contribution in [0.4, 0.5) is 0 Å². The standard InChI is InChI=1S/C13H16N4O/c1-7(8-4-15-5-8)11-9-2-3-16-12(9)10(6-17-11)13(14)18/h2-3,6-8,15-16H,4-5H2,1H3,(H2,14,18)/t7-/m1/s1. The van der Waals surface area contributed by atoms with Gasteiger partial charge in [-0.15, -0.1) is 0 Å². The molecule has 1 amide bonds. The number of aromatic amines is 1. The van der Waals surface area contributed by atoms with Crippen LogP contribution < -0.4 is 11.1 Å². The number of carbonyl (C=O) groups excluding carboxylic acids is 1. The van der Waals surface area contributed by atoms with E-state index in [0.717, 1.165) is 29.7 Å². The molecular weight excluding hydrogens is 228 g/mol. The number of aromatic nitrogens is 2. The Balaban J connectivity index is 2.10. The highest BCUT2D eigenvalue weighted by atomic mass is 16.1. The first-order valence-electron chi connectivity index (χ1n) is 6.15. The summed E-state index contributed by atoms with van der Waals surface area (Å²) in [5, 5.41) is 4.28. The van der Waals surface area contributed by atoms with E-state index in [2.05, 4.69) is 22.2 Å². The van der Waals surface area contributed by atoms with E-state index < -0.39 is 5.91 Å². The van der Waals surface area contributed by atoms with Crippen molar-refractivity contribution in [1.82, 2.24) is 15.3 Å². The second-order valence-electron chi connectivity index (χ2n) is 4.89. The van der Waals surface area contributed by atoms with Crippen molar-refractivity contribution in [2.24, 2.45) is 11.7 Å². The van der Waals surface area contributed by atoms with Crippen molar-refractivity contribution >= 4 is 16.8 Å². The van der Waals surface area contributed by atoms with E-state index in [-0.39, 0.29) is 0 Å². The van der Waals surface area contributed by atoms with Gasteiger partial charge >= 0.3 is 0 Å². The molecule has 0 unspecified atom stereocenters. The van der Waals surface area contributed by atoms with Gasteiger partial charge in [0.1, 0.15) is 0 Å². The summed E-state index contributed by atoms with van der Waals surface area (Å²) >= 11 is 0. The first-order chi connectivity index (χ1) is 8.68. The van der Waals surface area contributed by atoms with Crippen LogP contribution in [-0.4, -0.2) is 29.0 Å². The molecule has 2 aromatic rings. The summed E-state index contributed by atoms with van der Waals surface area (Å²) < 4.78 is 0. The minimum atomic E-state index is -0.445. The van der Waals surface area contributed by atoms with Gasteiger partial charge in [0.25, 0.3) is 5.91 Å². The van der Waals surface area contributed by atoms with Crippen LogP contribution in [0.3, 0.4) is 0 Å². The number of amides is 1. The van der Waals surface area contributed by atoms with Crippen molar-refractivity contribution in [3.63, 3.8) is 0 Å². The zero-order valence-electron chi connectivity index (χ0n) is 10.2. The van der Waals surface area contributed by atoms with Crippen molar-refractivity contribution in [2.45, 2.75) is 12.8 Å². The maximum Gasteiger partial charge on any atom is 0.252 e. The molecule has 5 nitrogen and oxygen atoms in total. The minimum Gasteiger partial charge on any atom is -0.365 e. The number of hydrogen-bond donors (Lipinski definition) is 3. The molecule has 3 heterocycles. The maximum absolute atomic E-state index is 11.3. The largest absolute Gasteiger partial charge is 0.365 e. The maximum atomic E-state index is 11.3. The van der Waals surface area contributed by atoms with Gasteiger partial charge in [0, 0.05) is 23.7 Å². The highest BCUT2D eigenvalue weighted by Gasteiger charge is 2.27. The minimum absolute atomic E-state index is 0.381. The topological polar surface area (TPSA) is 83.8 Å². The summed E-state index contributed by atoms with van der Waals surface area (Å²) in [4.78, 5) is 18.9. The molecule has 1 aliphatic rings. The Bertz CT molecular complexity index is 600. The number of nitrogens with two attached hydrogens (primary N) is 1. The number of rotatable bonds is 3. The second kappa shape index (κ2) is 4.10. The summed E-state index contributed by atoms with van der Waals surface area (Å²) in [6, 6.07) is 1.96. The van der Waals surface area contributed by atoms with E-state index in [9.17, 15) is 4.79 Å². The summed E-state index contributed by atoms with van der Waals surface area (Å²) in [5.41, 5.74) is 7.65. The van der Waals surface area contributed by atoms with Gasteiger partial charge in [0.2, 0.25) is 0 Å². The lowest BCUT2D eigenvalue weighted by Crippen LogP contribution is -2.44. The van der Waals surface area contributed by atoms with E-state index in [0.29, 0.717) is 17.4 Å². The molecule has 1 atom stereocenters. The zero-order chi connectivity index (χ0) is 12.7. The van der Waals surface area contributed by atoms with Crippen LogP contribution in [0.2, 0.25) is 0 Å². The predicted molar refractivity (Wildman–Crippen MR) is 69.4 cm³/mol. The van der Waals surface area contributed by atoms with E-state index in [1.807, 2.05) is 12.3 Å². The van der Waals surface area contributed by atoms with Crippen LogP contribution in [-0.2, 0) is 0 Å². The van der Waals surface area contributed by atoms with Crippen molar-refractivity contribution in [3.8, 4) is 0 Å².